The van der Waals surface area contributed by atoms with Gasteiger partial charge in [0.1, 0.15) is 5.82 Å². The molecule has 2 aromatic rings. The number of benzene rings is 2. The average Bonchev–Trinajstić information content (AvgIpc) is 2.58. The molecular formula is C17H18ClFN2O3S. The third kappa shape index (κ3) is 4.49. The number of carbonyl (C=O) groups excluding carboxylic acids is 1. The Hall–Kier alpha value is -2.12. The maximum Gasteiger partial charge on any atom is 0.261 e. The van der Waals surface area contributed by atoms with E-state index < -0.39 is 15.8 Å². The van der Waals surface area contributed by atoms with Crippen LogP contribution in [0.2, 0.25) is 5.02 Å². The topological polar surface area (TPSA) is 66.5 Å². The summed E-state index contributed by atoms with van der Waals surface area (Å²) in [5, 5.41) is -0.284. The highest BCUT2D eigenvalue weighted by Gasteiger charge is 2.18. The SMILES string of the molecule is CCN(CC)C(=O)c1cccc(NS(=O)(=O)c2ccc(F)c(Cl)c2)c1. The molecule has 0 aliphatic rings. The maximum absolute atomic E-state index is 13.2. The van der Waals surface area contributed by atoms with Crippen molar-refractivity contribution in [2.24, 2.45) is 0 Å². The summed E-state index contributed by atoms with van der Waals surface area (Å²) in [7, 11) is -3.95. The van der Waals surface area contributed by atoms with Crippen molar-refractivity contribution < 1.29 is 17.6 Å². The molecule has 0 atom stereocenters. The van der Waals surface area contributed by atoms with E-state index >= 15 is 0 Å². The van der Waals surface area contributed by atoms with Crippen molar-refractivity contribution in [3.63, 3.8) is 0 Å². The summed E-state index contributed by atoms with van der Waals surface area (Å²) in [5.41, 5.74) is 0.611. The first kappa shape index (κ1) is 19.2. The van der Waals surface area contributed by atoms with Gasteiger partial charge >= 0.3 is 0 Å². The van der Waals surface area contributed by atoms with E-state index in [0.717, 1.165) is 18.2 Å². The number of carbonyl (C=O) groups is 1. The molecule has 0 saturated carbocycles. The molecule has 0 aliphatic carbocycles. The van der Waals surface area contributed by atoms with Crippen LogP contribution in [0.4, 0.5) is 10.1 Å². The van der Waals surface area contributed by atoms with Crippen LogP contribution in [0.25, 0.3) is 0 Å². The van der Waals surface area contributed by atoms with Gasteiger partial charge < -0.3 is 4.90 Å². The number of hydrogen-bond donors (Lipinski definition) is 1. The smallest absolute Gasteiger partial charge is 0.261 e. The van der Waals surface area contributed by atoms with Gasteiger partial charge in [0.25, 0.3) is 15.9 Å². The van der Waals surface area contributed by atoms with Crippen LogP contribution in [0.5, 0.6) is 0 Å². The Labute approximate surface area is 151 Å². The predicted octanol–water partition coefficient (Wildman–Crippen LogP) is 3.76. The minimum absolute atomic E-state index is 0.167. The molecule has 134 valence electrons. The second-order valence-corrected chi connectivity index (χ2v) is 7.33. The summed E-state index contributed by atoms with van der Waals surface area (Å²) in [6.45, 7) is 4.84. The first-order chi connectivity index (χ1) is 11.8. The zero-order valence-electron chi connectivity index (χ0n) is 13.8. The number of hydrogen-bond acceptors (Lipinski definition) is 3. The highest BCUT2D eigenvalue weighted by molar-refractivity contribution is 7.92. The highest BCUT2D eigenvalue weighted by Crippen LogP contribution is 2.22. The molecule has 0 spiro atoms. The second-order valence-electron chi connectivity index (χ2n) is 5.24. The molecule has 1 N–H and O–H groups in total. The van der Waals surface area contributed by atoms with Gasteiger partial charge in [-0.05, 0) is 50.2 Å². The molecule has 2 aromatic carbocycles. The molecule has 0 fully saturated rings. The van der Waals surface area contributed by atoms with E-state index in [4.69, 9.17) is 11.6 Å². The third-order valence-electron chi connectivity index (χ3n) is 3.61. The van der Waals surface area contributed by atoms with E-state index in [9.17, 15) is 17.6 Å². The number of anilines is 1. The maximum atomic E-state index is 13.2. The van der Waals surface area contributed by atoms with Crippen LogP contribution >= 0.6 is 11.6 Å². The summed E-state index contributed by atoms with van der Waals surface area (Å²) >= 11 is 5.64. The quantitative estimate of drug-likeness (QED) is 0.824. The first-order valence-corrected chi connectivity index (χ1v) is 9.51. The molecule has 1 amide bonds. The van der Waals surface area contributed by atoms with Crippen LogP contribution in [0, 0.1) is 5.82 Å². The third-order valence-corrected chi connectivity index (χ3v) is 5.28. The van der Waals surface area contributed by atoms with Crippen LogP contribution in [-0.4, -0.2) is 32.3 Å². The molecule has 0 radical (unpaired) electrons. The molecular weight excluding hydrogens is 367 g/mol. The molecule has 0 heterocycles. The van der Waals surface area contributed by atoms with Gasteiger partial charge in [-0.2, -0.15) is 0 Å². The number of halogens is 2. The lowest BCUT2D eigenvalue weighted by atomic mass is 10.2. The first-order valence-electron chi connectivity index (χ1n) is 7.65. The van der Waals surface area contributed by atoms with Crippen molar-refractivity contribution in [2.45, 2.75) is 18.7 Å². The van der Waals surface area contributed by atoms with Crippen molar-refractivity contribution in [1.29, 1.82) is 0 Å². The van der Waals surface area contributed by atoms with Gasteiger partial charge in [0.05, 0.1) is 9.92 Å². The fourth-order valence-electron chi connectivity index (χ4n) is 2.27. The Morgan fingerprint density at radius 3 is 2.44 bits per heavy atom. The van der Waals surface area contributed by atoms with Crippen LogP contribution in [0.3, 0.4) is 0 Å². The summed E-state index contributed by atoms with van der Waals surface area (Å²) in [6.07, 6.45) is 0. The number of rotatable bonds is 6. The molecule has 0 unspecified atom stereocenters. The van der Waals surface area contributed by atoms with Gasteiger partial charge in [0.15, 0.2) is 0 Å². The number of nitrogens with zero attached hydrogens (tertiary/aromatic N) is 1. The van der Waals surface area contributed by atoms with Crippen molar-refractivity contribution in [1.82, 2.24) is 4.90 Å². The lowest BCUT2D eigenvalue weighted by Gasteiger charge is -2.19. The van der Waals surface area contributed by atoms with Crippen LogP contribution in [0.15, 0.2) is 47.4 Å². The van der Waals surface area contributed by atoms with Gasteiger partial charge in [-0.25, -0.2) is 12.8 Å². The average molecular weight is 385 g/mol. The van der Waals surface area contributed by atoms with Gasteiger partial charge in [-0.1, -0.05) is 17.7 Å². The molecule has 0 bridgehead atoms. The lowest BCUT2D eigenvalue weighted by molar-refractivity contribution is 0.0773. The second kappa shape index (κ2) is 7.84. The van der Waals surface area contributed by atoms with Crippen LogP contribution in [-0.2, 0) is 10.0 Å². The Balaban J connectivity index is 2.29. The molecule has 0 aromatic heterocycles. The Bertz CT molecular complexity index is 883. The largest absolute Gasteiger partial charge is 0.339 e. The van der Waals surface area contributed by atoms with Gasteiger partial charge in [0, 0.05) is 24.3 Å². The van der Waals surface area contributed by atoms with E-state index in [1.165, 1.54) is 12.1 Å². The van der Waals surface area contributed by atoms with E-state index in [1.54, 1.807) is 17.0 Å². The summed E-state index contributed by atoms with van der Waals surface area (Å²) in [5.74, 6) is -0.886. The summed E-state index contributed by atoms with van der Waals surface area (Å²) in [6, 6.07) is 9.33. The van der Waals surface area contributed by atoms with Gasteiger partial charge in [-0.3, -0.25) is 9.52 Å². The number of amides is 1. The molecule has 2 rings (SSSR count). The van der Waals surface area contributed by atoms with Crippen molar-refractivity contribution in [3.05, 3.63) is 58.9 Å². The Morgan fingerprint density at radius 1 is 1.16 bits per heavy atom. The lowest BCUT2D eigenvalue weighted by Crippen LogP contribution is -2.30. The van der Waals surface area contributed by atoms with E-state index in [-0.39, 0.29) is 21.5 Å². The Morgan fingerprint density at radius 2 is 1.84 bits per heavy atom. The minimum Gasteiger partial charge on any atom is -0.339 e. The van der Waals surface area contributed by atoms with E-state index in [2.05, 4.69) is 4.72 Å². The monoisotopic (exact) mass is 384 g/mol. The zero-order chi connectivity index (χ0) is 18.6. The van der Waals surface area contributed by atoms with Crippen molar-refractivity contribution >= 4 is 33.2 Å². The molecule has 25 heavy (non-hydrogen) atoms. The predicted molar refractivity (Wildman–Crippen MR) is 95.9 cm³/mol. The minimum atomic E-state index is -3.95. The number of nitrogens with one attached hydrogen (secondary N) is 1. The van der Waals surface area contributed by atoms with Crippen molar-refractivity contribution in [2.75, 3.05) is 17.8 Å². The van der Waals surface area contributed by atoms with E-state index in [0.29, 0.717) is 18.7 Å². The summed E-state index contributed by atoms with van der Waals surface area (Å²) in [4.78, 5) is 13.8. The van der Waals surface area contributed by atoms with Gasteiger partial charge in [-0.15, -0.1) is 0 Å². The zero-order valence-corrected chi connectivity index (χ0v) is 15.4. The Kier molecular flexibility index (Phi) is 6.02. The fourth-order valence-corrected chi connectivity index (χ4v) is 3.59. The highest BCUT2D eigenvalue weighted by atomic mass is 35.5. The normalized spacial score (nSPS) is 11.2. The van der Waals surface area contributed by atoms with Crippen LogP contribution in [0.1, 0.15) is 24.2 Å². The molecule has 0 saturated heterocycles. The fraction of sp³-hybridized carbons (Fsp3) is 0.235. The van der Waals surface area contributed by atoms with Gasteiger partial charge in [0.2, 0.25) is 0 Å². The number of sulfonamides is 1. The van der Waals surface area contributed by atoms with Crippen molar-refractivity contribution in [3.8, 4) is 0 Å². The van der Waals surface area contributed by atoms with E-state index in [1.807, 2.05) is 13.8 Å². The van der Waals surface area contributed by atoms with Crippen LogP contribution < -0.4 is 4.72 Å². The summed E-state index contributed by atoms with van der Waals surface area (Å²) < 4.78 is 40.4. The molecule has 0 aliphatic heterocycles. The standard InChI is InChI=1S/C17H18ClFN2O3S/c1-3-21(4-2)17(22)12-6-5-7-13(10-12)20-25(23,24)14-8-9-16(19)15(18)11-14/h5-11,20H,3-4H2,1-2H3. The molecule has 5 nitrogen and oxygen atoms in total. The molecule has 8 heteroatoms.